The fourth-order valence-corrected chi connectivity index (χ4v) is 4.87. The van der Waals surface area contributed by atoms with Crippen LogP contribution in [-0.4, -0.2) is 31.7 Å². The van der Waals surface area contributed by atoms with Gasteiger partial charge in [0.05, 0.1) is 11.6 Å². The maximum Gasteiger partial charge on any atom is 0.295 e. The molecule has 3 heterocycles. The number of aromatic nitrogens is 2. The van der Waals surface area contributed by atoms with E-state index in [4.69, 9.17) is 0 Å². The molecule has 1 saturated heterocycles. The highest BCUT2D eigenvalue weighted by Crippen LogP contribution is 2.42. The van der Waals surface area contributed by atoms with Gasteiger partial charge in [-0.15, -0.1) is 0 Å². The van der Waals surface area contributed by atoms with Crippen LogP contribution in [0.4, 0.5) is 0 Å². The summed E-state index contributed by atoms with van der Waals surface area (Å²) < 4.78 is 0. The second-order valence-corrected chi connectivity index (χ2v) is 8.64. The van der Waals surface area contributed by atoms with Crippen molar-refractivity contribution >= 4 is 39.1 Å². The van der Waals surface area contributed by atoms with Gasteiger partial charge in [-0.3, -0.25) is 14.6 Å². The number of hydrogen-bond acceptors (Lipinski definition) is 4. The number of benzene rings is 3. The van der Waals surface area contributed by atoms with Crippen LogP contribution in [-0.2, 0) is 16.1 Å². The Morgan fingerprint density at radius 2 is 1.74 bits per heavy atom. The lowest BCUT2D eigenvalue weighted by Crippen LogP contribution is -2.29. The number of aliphatic hydroxyl groups is 1. The Bertz CT molecular complexity index is 1640. The first kappa shape index (κ1) is 20.9. The molecule has 1 aliphatic rings. The van der Waals surface area contributed by atoms with Gasteiger partial charge in [0.25, 0.3) is 11.7 Å². The van der Waals surface area contributed by atoms with E-state index in [0.29, 0.717) is 5.56 Å². The number of carbonyl (C=O) groups excluding carboxylic acids is 2. The molecule has 1 amide bonds. The van der Waals surface area contributed by atoms with Gasteiger partial charge >= 0.3 is 0 Å². The molecule has 6 nitrogen and oxygen atoms in total. The SMILES string of the molecule is O=C1C(=O)N(Cc2cccnc2)C(c2c[nH]c3ccccc23)/C1=C(\O)c1ccc2ccccc2c1. The van der Waals surface area contributed by atoms with Crippen molar-refractivity contribution in [2.24, 2.45) is 0 Å². The zero-order chi connectivity index (χ0) is 23.9. The van der Waals surface area contributed by atoms with Crippen molar-refractivity contribution in [1.82, 2.24) is 14.9 Å². The summed E-state index contributed by atoms with van der Waals surface area (Å²) >= 11 is 0. The molecule has 0 aliphatic carbocycles. The monoisotopic (exact) mass is 459 g/mol. The van der Waals surface area contributed by atoms with Crippen molar-refractivity contribution in [2.45, 2.75) is 12.6 Å². The van der Waals surface area contributed by atoms with Gasteiger partial charge in [-0.2, -0.15) is 0 Å². The van der Waals surface area contributed by atoms with Crippen LogP contribution in [0.5, 0.6) is 0 Å². The Kier molecular flexibility index (Phi) is 4.92. The van der Waals surface area contributed by atoms with Crippen LogP contribution in [0.15, 0.2) is 103 Å². The number of H-pyrrole nitrogens is 1. The van der Waals surface area contributed by atoms with E-state index < -0.39 is 17.7 Å². The van der Waals surface area contributed by atoms with E-state index >= 15 is 0 Å². The lowest BCUT2D eigenvalue weighted by Gasteiger charge is -2.25. The molecule has 1 aliphatic heterocycles. The number of para-hydroxylation sites is 1. The molecule has 2 N–H and O–H groups in total. The zero-order valence-electron chi connectivity index (χ0n) is 18.7. The third kappa shape index (κ3) is 3.47. The Morgan fingerprint density at radius 1 is 0.943 bits per heavy atom. The number of pyridine rings is 1. The average Bonchev–Trinajstić information content (AvgIpc) is 3.43. The van der Waals surface area contributed by atoms with E-state index in [-0.39, 0.29) is 17.9 Å². The number of nitrogens with one attached hydrogen (secondary N) is 1. The van der Waals surface area contributed by atoms with Crippen molar-refractivity contribution in [3.8, 4) is 0 Å². The van der Waals surface area contributed by atoms with E-state index in [9.17, 15) is 14.7 Å². The summed E-state index contributed by atoms with van der Waals surface area (Å²) in [5, 5.41) is 14.3. The second kappa shape index (κ2) is 8.25. The van der Waals surface area contributed by atoms with E-state index in [1.807, 2.05) is 72.9 Å². The smallest absolute Gasteiger partial charge is 0.295 e. The number of ketones is 1. The van der Waals surface area contributed by atoms with Gasteiger partial charge in [0.1, 0.15) is 5.76 Å². The van der Waals surface area contributed by atoms with Crippen LogP contribution in [0.2, 0.25) is 0 Å². The maximum absolute atomic E-state index is 13.4. The van der Waals surface area contributed by atoms with Crippen LogP contribution >= 0.6 is 0 Å². The number of amides is 1. The zero-order valence-corrected chi connectivity index (χ0v) is 18.7. The second-order valence-electron chi connectivity index (χ2n) is 8.64. The molecule has 6 heteroatoms. The predicted molar refractivity (Wildman–Crippen MR) is 134 cm³/mol. The van der Waals surface area contributed by atoms with Crippen LogP contribution in [0.1, 0.15) is 22.7 Å². The van der Waals surface area contributed by atoms with Crippen LogP contribution in [0, 0.1) is 0 Å². The normalized spacial score (nSPS) is 17.5. The lowest BCUT2D eigenvalue weighted by atomic mass is 9.94. The van der Waals surface area contributed by atoms with Crippen molar-refractivity contribution in [2.75, 3.05) is 0 Å². The first-order valence-corrected chi connectivity index (χ1v) is 11.3. The van der Waals surface area contributed by atoms with E-state index in [1.54, 1.807) is 24.5 Å². The molecule has 5 aromatic rings. The fourth-order valence-electron chi connectivity index (χ4n) is 4.87. The highest BCUT2D eigenvalue weighted by Gasteiger charge is 2.46. The summed E-state index contributed by atoms with van der Waals surface area (Å²) in [4.78, 5) is 35.6. The van der Waals surface area contributed by atoms with Gasteiger partial charge in [-0.25, -0.2) is 0 Å². The van der Waals surface area contributed by atoms with E-state index in [2.05, 4.69) is 9.97 Å². The molecule has 0 radical (unpaired) electrons. The number of Topliss-reactive ketones (excluding diaryl/α,β-unsaturated/α-hetero) is 1. The lowest BCUT2D eigenvalue weighted by molar-refractivity contribution is -0.140. The standard InChI is InChI=1S/C29H21N3O3/c33-27(21-12-11-19-7-1-2-8-20(19)14-21)25-26(23-16-31-24-10-4-3-9-22(23)24)32(29(35)28(25)34)17-18-6-5-13-30-15-18/h1-16,26,31,33H,17H2/b27-25+. The third-order valence-electron chi connectivity index (χ3n) is 6.55. The molecule has 1 fully saturated rings. The Morgan fingerprint density at radius 3 is 2.57 bits per heavy atom. The Hall–Kier alpha value is -4.71. The number of likely N-dealkylation sites (tertiary alicyclic amines) is 1. The van der Waals surface area contributed by atoms with Crippen molar-refractivity contribution in [3.63, 3.8) is 0 Å². The minimum atomic E-state index is -0.752. The van der Waals surface area contributed by atoms with Crippen LogP contribution < -0.4 is 0 Å². The summed E-state index contributed by atoms with van der Waals surface area (Å²) in [5.74, 6) is -1.53. The molecule has 35 heavy (non-hydrogen) atoms. The van der Waals surface area contributed by atoms with E-state index in [1.165, 1.54) is 4.90 Å². The van der Waals surface area contributed by atoms with Gasteiger partial charge in [0.2, 0.25) is 0 Å². The number of aliphatic hydroxyl groups excluding tert-OH is 1. The van der Waals surface area contributed by atoms with Crippen LogP contribution in [0.25, 0.3) is 27.4 Å². The highest BCUT2D eigenvalue weighted by molar-refractivity contribution is 6.46. The summed E-state index contributed by atoms with van der Waals surface area (Å²) in [6, 6.07) is 23.9. The third-order valence-corrected chi connectivity index (χ3v) is 6.55. The van der Waals surface area contributed by atoms with Crippen molar-refractivity contribution in [1.29, 1.82) is 0 Å². The van der Waals surface area contributed by atoms with Gasteiger partial charge in [-0.1, -0.05) is 60.7 Å². The van der Waals surface area contributed by atoms with Gasteiger partial charge in [0, 0.05) is 47.2 Å². The number of rotatable bonds is 4. The average molecular weight is 460 g/mol. The molecule has 2 aromatic heterocycles. The van der Waals surface area contributed by atoms with Gasteiger partial charge < -0.3 is 15.0 Å². The molecule has 6 rings (SSSR count). The number of aromatic amines is 1. The molecule has 170 valence electrons. The summed E-state index contributed by atoms with van der Waals surface area (Å²) in [7, 11) is 0. The minimum Gasteiger partial charge on any atom is -0.507 e. The molecule has 3 aromatic carbocycles. The van der Waals surface area contributed by atoms with Crippen LogP contribution in [0.3, 0.4) is 0 Å². The van der Waals surface area contributed by atoms with Crippen molar-refractivity contribution < 1.29 is 14.7 Å². The first-order valence-electron chi connectivity index (χ1n) is 11.3. The largest absolute Gasteiger partial charge is 0.507 e. The quantitative estimate of drug-likeness (QED) is 0.216. The predicted octanol–water partition coefficient (Wildman–Crippen LogP) is 5.34. The maximum atomic E-state index is 13.4. The topological polar surface area (TPSA) is 86.3 Å². The number of fused-ring (bicyclic) bond motifs is 2. The molecular weight excluding hydrogens is 438 g/mol. The van der Waals surface area contributed by atoms with Gasteiger partial charge in [-0.05, 0) is 34.5 Å². The van der Waals surface area contributed by atoms with Gasteiger partial charge in [0.15, 0.2) is 0 Å². The highest BCUT2D eigenvalue weighted by atomic mass is 16.3. The van der Waals surface area contributed by atoms with Crippen molar-refractivity contribution in [3.05, 3.63) is 120 Å². The first-order chi connectivity index (χ1) is 17.1. The number of nitrogens with zero attached hydrogens (tertiary/aromatic N) is 2. The molecule has 1 atom stereocenters. The summed E-state index contributed by atoms with van der Waals surface area (Å²) in [6.07, 6.45) is 5.15. The van der Waals surface area contributed by atoms with E-state index in [0.717, 1.165) is 32.8 Å². The molecule has 1 unspecified atom stereocenters. The molecule has 0 saturated carbocycles. The molecule has 0 bridgehead atoms. The number of hydrogen-bond donors (Lipinski definition) is 2. The number of carbonyl (C=O) groups is 2. The molecule has 0 spiro atoms. The minimum absolute atomic E-state index is 0.0823. The summed E-state index contributed by atoms with van der Waals surface area (Å²) in [6.45, 7) is 0.192. The Balaban J connectivity index is 1.55. The summed E-state index contributed by atoms with van der Waals surface area (Å²) in [5.41, 5.74) is 3.02. The fraction of sp³-hybridized carbons (Fsp3) is 0.0690. The molecular formula is C29H21N3O3. The Labute approximate surface area is 201 Å².